The maximum atomic E-state index is 10.8. The van der Waals surface area contributed by atoms with Crippen LogP contribution in [-0.2, 0) is 9.59 Å². The van der Waals surface area contributed by atoms with Crippen molar-refractivity contribution in [3.8, 4) is 0 Å². The summed E-state index contributed by atoms with van der Waals surface area (Å²) in [5, 5.41) is 11.2. The van der Waals surface area contributed by atoms with E-state index in [9.17, 15) is 9.59 Å². The number of hydrogen-bond acceptors (Lipinski definition) is 4. The number of amides is 1. The number of rotatable bonds is 8. The molecule has 0 saturated carbocycles. The minimum absolute atomic E-state index is 0.304. The molecule has 0 aliphatic carbocycles. The highest BCUT2D eigenvalue weighted by atomic mass is 32.2. The number of thioether (sulfide) groups is 1. The summed E-state index contributed by atoms with van der Waals surface area (Å²) in [5.74, 6) is 0.0424. The summed E-state index contributed by atoms with van der Waals surface area (Å²) in [4.78, 5) is 23.6. The summed E-state index contributed by atoms with van der Waals surface area (Å²) in [7, 11) is 4.00. The maximum absolute atomic E-state index is 10.8. The van der Waals surface area contributed by atoms with Crippen LogP contribution in [0.1, 0.15) is 13.3 Å². The van der Waals surface area contributed by atoms with Gasteiger partial charge in [0.15, 0.2) is 0 Å². The fourth-order valence-corrected chi connectivity index (χ4v) is 2.07. The molecule has 0 unspecified atom stereocenters. The number of carboxylic acid groups (broad SMARTS) is 1. The molecule has 0 aromatic heterocycles. The summed E-state index contributed by atoms with van der Waals surface area (Å²) in [5.41, 5.74) is 0. The predicted octanol–water partition coefficient (Wildman–Crippen LogP) is 0.261. The fourth-order valence-electron chi connectivity index (χ4n) is 1.10. The van der Waals surface area contributed by atoms with E-state index in [-0.39, 0.29) is 5.91 Å². The van der Waals surface area contributed by atoms with E-state index in [1.165, 1.54) is 6.92 Å². The molecule has 6 heteroatoms. The van der Waals surface area contributed by atoms with Gasteiger partial charge in [-0.2, -0.15) is 11.8 Å². The minimum atomic E-state index is -0.977. The zero-order valence-corrected chi connectivity index (χ0v) is 10.8. The summed E-state index contributed by atoms with van der Waals surface area (Å²) < 4.78 is 0. The topological polar surface area (TPSA) is 69.6 Å². The van der Waals surface area contributed by atoms with Crippen molar-refractivity contribution in [3.63, 3.8) is 0 Å². The lowest BCUT2D eigenvalue weighted by Crippen LogP contribution is -2.41. The first-order valence-electron chi connectivity index (χ1n) is 5.16. The summed E-state index contributed by atoms with van der Waals surface area (Å²) in [6.45, 7) is 2.32. The van der Waals surface area contributed by atoms with Crippen molar-refractivity contribution in [2.24, 2.45) is 0 Å². The predicted molar refractivity (Wildman–Crippen MR) is 65.7 cm³/mol. The Kier molecular flexibility index (Phi) is 8.01. The first-order valence-corrected chi connectivity index (χ1v) is 6.31. The smallest absolute Gasteiger partial charge is 0.327 e. The average molecular weight is 248 g/mol. The van der Waals surface area contributed by atoms with E-state index in [0.717, 1.165) is 18.7 Å². The largest absolute Gasteiger partial charge is 0.480 e. The molecule has 5 nitrogen and oxygen atoms in total. The van der Waals surface area contributed by atoms with Crippen LogP contribution in [0.5, 0.6) is 0 Å². The number of aliphatic carboxylic acids is 1. The number of carbonyl (C=O) groups excluding carboxylic acids is 1. The highest BCUT2D eigenvalue weighted by Gasteiger charge is 2.17. The Morgan fingerprint density at radius 2 is 2.06 bits per heavy atom. The molecule has 16 heavy (non-hydrogen) atoms. The number of carbonyl (C=O) groups is 2. The SMILES string of the molecule is CC(=O)N[C@@H](CSCCCN(C)C)C(=O)O. The Bertz CT molecular complexity index is 234. The lowest BCUT2D eigenvalue weighted by atomic mass is 10.3. The molecule has 0 heterocycles. The Morgan fingerprint density at radius 1 is 1.44 bits per heavy atom. The molecule has 0 rings (SSSR count). The van der Waals surface area contributed by atoms with Crippen molar-refractivity contribution in [3.05, 3.63) is 0 Å². The molecule has 0 aromatic rings. The summed E-state index contributed by atoms with van der Waals surface area (Å²) in [6.07, 6.45) is 1.02. The van der Waals surface area contributed by atoms with Gasteiger partial charge in [0.05, 0.1) is 0 Å². The third kappa shape index (κ3) is 8.55. The molecule has 0 fully saturated rings. The van der Waals surface area contributed by atoms with Gasteiger partial charge < -0.3 is 15.3 Å². The lowest BCUT2D eigenvalue weighted by molar-refractivity contribution is -0.140. The molecule has 2 N–H and O–H groups in total. The van der Waals surface area contributed by atoms with Gasteiger partial charge in [-0.05, 0) is 32.8 Å². The second kappa shape index (κ2) is 8.41. The van der Waals surface area contributed by atoms with Gasteiger partial charge in [0.2, 0.25) is 5.91 Å². The Hall–Kier alpha value is -0.750. The van der Waals surface area contributed by atoms with Crippen LogP contribution in [0, 0.1) is 0 Å². The molecule has 1 amide bonds. The van der Waals surface area contributed by atoms with Crippen molar-refractivity contribution in [2.75, 3.05) is 32.1 Å². The molecule has 0 aliphatic rings. The van der Waals surface area contributed by atoms with Crippen LogP contribution in [0.4, 0.5) is 0 Å². The van der Waals surface area contributed by atoms with Gasteiger partial charge in [-0.1, -0.05) is 0 Å². The number of hydrogen-bond donors (Lipinski definition) is 2. The van der Waals surface area contributed by atoms with E-state index in [4.69, 9.17) is 5.11 Å². The van der Waals surface area contributed by atoms with Crippen LogP contribution in [0.2, 0.25) is 0 Å². The Labute approximate surface area is 101 Å². The van der Waals surface area contributed by atoms with Crippen LogP contribution in [0.3, 0.4) is 0 Å². The van der Waals surface area contributed by atoms with Crippen molar-refractivity contribution in [2.45, 2.75) is 19.4 Å². The van der Waals surface area contributed by atoms with Gasteiger partial charge in [-0.15, -0.1) is 0 Å². The molecule has 0 radical (unpaired) electrons. The molecule has 0 aliphatic heterocycles. The van der Waals surface area contributed by atoms with Crippen molar-refractivity contribution < 1.29 is 14.7 Å². The normalized spacial score (nSPS) is 12.5. The summed E-state index contributed by atoms with van der Waals surface area (Å²) in [6, 6.07) is -0.776. The van der Waals surface area contributed by atoms with E-state index in [0.29, 0.717) is 5.75 Å². The van der Waals surface area contributed by atoms with Crippen LogP contribution < -0.4 is 5.32 Å². The lowest BCUT2D eigenvalue weighted by Gasteiger charge is -2.13. The number of nitrogens with one attached hydrogen (secondary N) is 1. The molecular formula is C10H20N2O3S. The van der Waals surface area contributed by atoms with Gasteiger partial charge in [0.25, 0.3) is 0 Å². The second-order valence-corrected chi connectivity index (χ2v) is 4.97. The van der Waals surface area contributed by atoms with Crippen molar-refractivity contribution in [1.82, 2.24) is 10.2 Å². The quantitative estimate of drug-likeness (QED) is 0.603. The zero-order chi connectivity index (χ0) is 12.6. The van der Waals surface area contributed by atoms with Crippen LogP contribution in [0.25, 0.3) is 0 Å². The van der Waals surface area contributed by atoms with E-state index in [2.05, 4.69) is 10.2 Å². The van der Waals surface area contributed by atoms with E-state index in [1.54, 1.807) is 11.8 Å². The zero-order valence-electron chi connectivity index (χ0n) is 10.0. The molecule has 0 aromatic carbocycles. The van der Waals surface area contributed by atoms with Gasteiger partial charge in [-0.3, -0.25) is 4.79 Å². The molecule has 0 bridgehead atoms. The van der Waals surface area contributed by atoms with Crippen molar-refractivity contribution in [1.29, 1.82) is 0 Å². The summed E-state index contributed by atoms with van der Waals surface area (Å²) >= 11 is 1.55. The van der Waals surface area contributed by atoms with Crippen molar-refractivity contribution >= 4 is 23.6 Å². The highest BCUT2D eigenvalue weighted by molar-refractivity contribution is 7.99. The Morgan fingerprint density at radius 3 is 2.50 bits per heavy atom. The van der Waals surface area contributed by atoms with Gasteiger partial charge >= 0.3 is 5.97 Å². The first kappa shape index (κ1) is 15.2. The third-order valence-electron chi connectivity index (χ3n) is 1.85. The van der Waals surface area contributed by atoms with Crippen LogP contribution in [-0.4, -0.2) is 60.1 Å². The molecule has 0 spiro atoms. The van der Waals surface area contributed by atoms with E-state index < -0.39 is 12.0 Å². The number of carboxylic acids is 1. The Balaban J connectivity index is 3.69. The standard InChI is InChI=1S/C10H20N2O3S/c1-8(13)11-9(10(14)15)7-16-6-4-5-12(2)3/h9H,4-7H2,1-3H3,(H,11,13)(H,14,15)/t9-/m0/s1. The maximum Gasteiger partial charge on any atom is 0.327 e. The average Bonchev–Trinajstić information content (AvgIpc) is 2.14. The fraction of sp³-hybridized carbons (Fsp3) is 0.800. The van der Waals surface area contributed by atoms with Crippen LogP contribution >= 0.6 is 11.8 Å². The molecule has 1 atom stereocenters. The first-order chi connectivity index (χ1) is 7.43. The van der Waals surface area contributed by atoms with E-state index in [1.807, 2.05) is 14.1 Å². The molecular weight excluding hydrogens is 228 g/mol. The monoisotopic (exact) mass is 248 g/mol. The highest BCUT2D eigenvalue weighted by Crippen LogP contribution is 2.05. The van der Waals surface area contributed by atoms with E-state index >= 15 is 0 Å². The minimum Gasteiger partial charge on any atom is -0.480 e. The van der Waals surface area contributed by atoms with Gasteiger partial charge in [-0.25, -0.2) is 4.79 Å². The second-order valence-electron chi connectivity index (χ2n) is 3.82. The van der Waals surface area contributed by atoms with Gasteiger partial charge in [0, 0.05) is 12.7 Å². The number of nitrogens with zero attached hydrogens (tertiary/aromatic N) is 1. The molecule has 94 valence electrons. The molecule has 0 saturated heterocycles. The van der Waals surface area contributed by atoms with Gasteiger partial charge in [0.1, 0.15) is 6.04 Å². The third-order valence-corrected chi connectivity index (χ3v) is 3.00. The van der Waals surface area contributed by atoms with Crippen LogP contribution in [0.15, 0.2) is 0 Å².